The van der Waals surface area contributed by atoms with E-state index < -0.39 is 11.9 Å². The molecule has 1 aromatic heterocycles. The summed E-state index contributed by atoms with van der Waals surface area (Å²) < 4.78 is 1.44. The number of amides is 1. The number of para-hydroxylation sites is 1. The molecule has 2 N–H and O–H groups in total. The van der Waals surface area contributed by atoms with Crippen LogP contribution in [0.15, 0.2) is 89.7 Å². The van der Waals surface area contributed by atoms with Crippen molar-refractivity contribution >= 4 is 22.6 Å². The molecule has 0 aliphatic rings. The van der Waals surface area contributed by atoms with Crippen molar-refractivity contribution in [2.45, 2.75) is 6.92 Å². The zero-order chi connectivity index (χ0) is 22.0. The Morgan fingerprint density at radius 2 is 1.39 bits per heavy atom. The molecule has 0 fully saturated rings. The van der Waals surface area contributed by atoms with E-state index in [-0.39, 0.29) is 16.7 Å². The number of benzene rings is 3. The maximum atomic E-state index is 13.2. The van der Waals surface area contributed by atoms with Gasteiger partial charge in [0.25, 0.3) is 5.56 Å². The van der Waals surface area contributed by atoms with Crippen LogP contribution in [0.4, 0.5) is 0 Å². The highest BCUT2D eigenvalue weighted by Crippen LogP contribution is 2.23. The van der Waals surface area contributed by atoms with E-state index in [0.29, 0.717) is 27.3 Å². The predicted octanol–water partition coefficient (Wildman–Crippen LogP) is 3.39. The van der Waals surface area contributed by atoms with Gasteiger partial charge < -0.3 is 4.84 Å². The van der Waals surface area contributed by atoms with E-state index >= 15 is 0 Å². The van der Waals surface area contributed by atoms with E-state index in [9.17, 15) is 14.4 Å². The first-order valence-electron chi connectivity index (χ1n) is 9.55. The first-order chi connectivity index (χ1) is 15.0. The van der Waals surface area contributed by atoms with Crippen LogP contribution in [0.2, 0.25) is 0 Å². The molecule has 1 heterocycles. The zero-order valence-corrected chi connectivity index (χ0v) is 16.7. The summed E-state index contributed by atoms with van der Waals surface area (Å²) in [6.45, 7) is 1.65. The molecule has 0 unspecified atom stereocenters. The van der Waals surface area contributed by atoms with Crippen LogP contribution in [0.25, 0.3) is 16.5 Å². The van der Waals surface area contributed by atoms with Gasteiger partial charge in [0.1, 0.15) is 0 Å². The van der Waals surface area contributed by atoms with Crippen molar-refractivity contribution in [3.63, 3.8) is 0 Å². The van der Waals surface area contributed by atoms with Crippen LogP contribution in [-0.4, -0.2) is 21.6 Å². The second kappa shape index (κ2) is 8.25. The predicted molar refractivity (Wildman–Crippen MR) is 116 cm³/mol. The standard InChI is InChI=1S/C24H19N3O4/c1-16-21(24(30)31-27(25)22(28)17-10-4-2-5-11-17)19-14-8-9-15-20(19)23(29)26(16)18-12-6-3-7-13-18/h2-15H,25H2,1H3. The number of hydrogen-bond acceptors (Lipinski definition) is 5. The second-order valence-corrected chi connectivity index (χ2v) is 6.86. The Bertz CT molecular complexity index is 1330. The van der Waals surface area contributed by atoms with Crippen molar-refractivity contribution in [2.75, 3.05) is 0 Å². The molecule has 1 amide bonds. The zero-order valence-electron chi connectivity index (χ0n) is 16.7. The molecule has 0 radical (unpaired) electrons. The summed E-state index contributed by atoms with van der Waals surface area (Å²) in [7, 11) is 0. The number of hydrazine groups is 1. The highest BCUT2D eigenvalue weighted by molar-refractivity contribution is 6.06. The molecule has 7 nitrogen and oxygen atoms in total. The number of carbonyl (C=O) groups excluding carboxylic acids is 2. The van der Waals surface area contributed by atoms with Gasteiger partial charge in [-0.2, -0.15) is 0 Å². The van der Waals surface area contributed by atoms with Crippen LogP contribution in [0.1, 0.15) is 26.4 Å². The molecule has 0 bridgehead atoms. The molecule has 0 spiro atoms. The lowest BCUT2D eigenvalue weighted by molar-refractivity contribution is -0.0828. The second-order valence-electron chi connectivity index (χ2n) is 6.86. The lowest BCUT2D eigenvalue weighted by Crippen LogP contribution is -2.40. The lowest BCUT2D eigenvalue weighted by atomic mass is 10.0. The minimum Gasteiger partial charge on any atom is -0.317 e. The monoisotopic (exact) mass is 413 g/mol. The molecule has 0 atom stereocenters. The summed E-state index contributed by atoms with van der Waals surface area (Å²) in [6, 6.07) is 24.0. The molecule has 4 aromatic rings. The van der Waals surface area contributed by atoms with E-state index in [2.05, 4.69) is 0 Å². The third-order valence-electron chi connectivity index (χ3n) is 4.95. The van der Waals surface area contributed by atoms with Gasteiger partial charge in [-0.15, -0.1) is 0 Å². The fraction of sp³-hybridized carbons (Fsp3) is 0.0417. The van der Waals surface area contributed by atoms with Gasteiger partial charge in [-0.3, -0.25) is 14.2 Å². The quantitative estimate of drug-likeness (QED) is 0.316. The van der Waals surface area contributed by atoms with E-state index in [1.165, 1.54) is 4.57 Å². The Balaban J connectivity index is 1.81. The van der Waals surface area contributed by atoms with Crippen molar-refractivity contribution in [1.29, 1.82) is 0 Å². The Morgan fingerprint density at radius 3 is 2.03 bits per heavy atom. The van der Waals surface area contributed by atoms with Gasteiger partial charge >= 0.3 is 11.9 Å². The van der Waals surface area contributed by atoms with Gasteiger partial charge in [-0.25, -0.2) is 10.6 Å². The van der Waals surface area contributed by atoms with Crippen LogP contribution in [-0.2, 0) is 4.84 Å². The van der Waals surface area contributed by atoms with Crippen molar-refractivity contribution < 1.29 is 14.4 Å². The summed E-state index contributed by atoms with van der Waals surface area (Å²) in [5, 5.41) is 1.17. The number of rotatable bonds is 3. The summed E-state index contributed by atoms with van der Waals surface area (Å²) in [5.74, 6) is 4.22. The Kier molecular flexibility index (Phi) is 5.34. The molecule has 154 valence electrons. The lowest BCUT2D eigenvalue weighted by Gasteiger charge is -2.19. The van der Waals surface area contributed by atoms with Crippen LogP contribution in [0.3, 0.4) is 0 Å². The molecule has 4 rings (SSSR count). The summed E-state index contributed by atoms with van der Waals surface area (Å²) >= 11 is 0. The van der Waals surface area contributed by atoms with E-state index in [1.807, 2.05) is 6.07 Å². The van der Waals surface area contributed by atoms with Gasteiger partial charge in [0.2, 0.25) is 0 Å². The molecule has 31 heavy (non-hydrogen) atoms. The smallest absolute Gasteiger partial charge is 0.317 e. The number of aromatic nitrogens is 1. The number of nitrogens with zero attached hydrogens (tertiary/aromatic N) is 2. The molecular formula is C24H19N3O4. The summed E-state index contributed by atoms with van der Waals surface area (Å²) in [4.78, 5) is 43.9. The summed E-state index contributed by atoms with van der Waals surface area (Å²) in [6.07, 6.45) is 0. The highest BCUT2D eigenvalue weighted by atomic mass is 16.7. The third-order valence-corrected chi connectivity index (χ3v) is 4.95. The fourth-order valence-electron chi connectivity index (χ4n) is 3.50. The van der Waals surface area contributed by atoms with Crippen LogP contribution >= 0.6 is 0 Å². The molecule has 0 aliphatic heterocycles. The van der Waals surface area contributed by atoms with Gasteiger partial charge in [0, 0.05) is 27.7 Å². The van der Waals surface area contributed by atoms with Crippen LogP contribution in [0, 0.1) is 6.92 Å². The van der Waals surface area contributed by atoms with Crippen LogP contribution < -0.4 is 11.4 Å². The third kappa shape index (κ3) is 3.70. The number of carbonyl (C=O) groups is 2. The van der Waals surface area contributed by atoms with Crippen LogP contribution in [0.5, 0.6) is 0 Å². The van der Waals surface area contributed by atoms with E-state index in [0.717, 1.165) is 0 Å². The first kappa shape index (κ1) is 20.1. The topological polar surface area (TPSA) is 94.6 Å². The number of pyridine rings is 1. The van der Waals surface area contributed by atoms with E-state index in [1.54, 1.807) is 85.8 Å². The average molecular weight is 413 g/mol. The minimum absolute atomic E-state index is 0.148. The number of nitrogens with two attached hydrogens (primary N) is 1. The minimum atomic E-state index is -0.842. The molecule has 7 heteroatoms. The Labute approximate surface area is 177 Å². The van der Waals surface area contributed by atoms with Crippen molar-refractivity contribution in [2.24, 2.45) is 5.84 Å². The van der Waals surface area contributed by atoms with Gasteiger partial charge in [0.15, 0.2) is 0 Å². The van der Waals surface area contributed by atoms with E-state index in [4.69, 9.17) is 10.7 Å². The Morgan fingerprint density at radius 1 is 0.839 bits per heavy atom. The SMILES string of the molecule is Cc1c(C(=O)ON(N)C(=O)c2ccccc2)c2ccccc2c(=O)n1-c1ccccc1. The summed E-state index contributed by atoms with van der Waals surface area (Å²) in [5.41, 5.74) is 1.14. The maximum Gasteiger partial charge on any atom is 0.367 e. The highest BCUT2D eigenvalue weighted by Gasteiger charge is 2.25. The number of fused-ring (bicyclic) bond motifs is 1. The number of hydrogen-bond donors (Lipinski definition) is 1. The normalized spacial score (nSPS) is 10.6. The average Bonchev–Trinajstić information content (AvgIpc) is 2.80. The first-order valence-corrected chi connectivity index (χ1v) is 9.55. The largest absolute Gasteiger partial charge is 0.367 e. The van der Waals surface area contributed by atoms with Gasteiger partial charge in [-0.1, -0.05) is 59.8 Å². The Hall–Kier alpha value is -4.23. The molecule has 0 aliphatic carbocycles. The molecule has 0 saturated carbocycles. The maximum absolute atomic E-state index is 13.2. The van der Waals surface area contributed by atoms with Crippen molar-refractivity contribution in [3.05, 3.63) is 112 Å². The van der Waals surface area contributed by atoms with Gasteiger partial charge in [0.05, 0.1) is 5.56 Å². The molecule has 3 aromatic carbocycles. The van der Waals surface area contributed by atoms with Crippen molar-refractivity contribution in [1.82, 2.24) is 9.74 Å². The van der Waals surface area contributed by atoms with Gasteiger partial charge in [-0.05, 0) is 37.3 Å². The number of hydroxylamine groups is 1. The molecule has 0 saturated heterocycles. The fourth-order valence-corrected chi connectivity index (χ4v) is 3.50. The molecular weight excluding hydrogens is 394 g/mol. The van der Waals surface area contributed by atoms with Crippen molar-refractivity contribution in [3.8, 4) is 5.69 Å².